The molecule has 43 heavy (non-hydrogen) atoms. The van der Waals surface area contributed by atoms with Crippen molar-refractivity contribution in [2.45, 2.75) is 20.3 Å². The van der Waals surface area contributed by atoms with Gasteiger partial charge in [0.1, 0.15) is 11.5 Å². The number of hydrogen-bond acceptors (Lipinski definition) is 3. The van der Waals surface area contributed by atoms with Gasteiger partial charge in [-0.2, -0.15) is 0 Å². The van der Waals surface area contributed by atoms with Gasteiger partial charge < -0.3 is 0 Å². The Kier molecular flexibility index (Phi) is 6.88. The van der Waals surface area contributed by atoms with Gasteiger partial charge in [0.2, 0.25) is 0 Å². The first kappa shape index (κ1) is 26.5. The number of para-hydroxylation sites is 2. The molecule has 1 aliphatic carbocycles. The van der Waals surface area contributed by atoms with Crippen LogP contribution < -0.4 is 0 Å². The van der Waals surface area contributed by atoms with Gasteiger partial charge in [0.05, 0.1) is 22.4 Å². The molecule has 0 radical (unpaired) electrons. The van der Waals surface area contributed by atoms with Gasteiger partial charge >= 0.3 is 0 Å². The van der Waals surface area contributed by atoms with Gasteiger partial charge in [-0.05, 0) is 42.5 Å². The number of fused-ring (bicyclic) bond motifs is 3. The minimum Gasteiger partial charge on any atom is -0.297 e. The van der Waals surface area contributed by atoms with Gasteiger partial charge in [0.15, 0.2) is 5.82 Å². The number of benzene rings is 4. The van der Waals surface area contributed by atoms with Crippen LogP contribution in [0, 0.1) is 5.92 Å². The molecule has 4 heteroatoms. The molecule has 0 saturated carbocycles. The molecule has 2 heterocycles. The monoisotopic (exact) mass is 556 g/mol. The van der Waals surface area contributed by atoms with Gasteiger partial charge in [-0.25, -0.2) is 15.0 Å². The van der Waals surface area contributed by atoms with Crippen LogP contribution in [0.3, 0.4) is 0 Å². The van der Waals surface area contributed by atoms with Gasteiger partial charge in [-0.1, -0.05) is 129 Å². The van der Waals surface area contributed by atoms with E-state index in [0.717, 1.165) is 57.0 Å². The second-order valence-electron chi connectivity index (χ2n) is 11.0. The van der Waals surface area contributed by atoms with Crippen LogP contribution in [0.15, 0.2) is 139 Å². The average Bonchev–Trinajstić information content (AvgIpc) is 3.40. The summed E-state index contributed by atoms with van der Waals surface area (Å²) < 4.78 is 2.22. The zero-order valence-corrected chi connectivity index (χ0v) is 24.4. The van der Waals surface area contributed by atoms with E-state index in [-0.39, 0.29) is 0 Å². The average molecular weight is 557 g/mol. The number of aliphatic imine (C=N–C) groups is 1. The third-order valence-electron chi connectivity index (χ3n) is 8.21. The van der Waals surface area contributed by atoms with Gasteiger partial charge in [-0.3, -0.25) is 4.57 Å². The highest BCUT2D eigenvalue weighted by atomic mass is 15.1. The Balaban J connectivity index is 1.51. The topological polar surface area (TPSA) is 43.1 Å². The molecule has 4 aromatic carbocycles. The maximum Gasteiger partial charge on any atom is 0.181 e. The standard InChI is InChI=1S/C39H32N4/c1-26-16-10-11-21-31(26)38-37(30-19-8-5-9-20-30)41-36(27(2)29-17-6-4-7-18-29)39(42-38)40-28(3)43-34-24-14-12-22-32(34)33-23-13-15-25-35(33)43/h4-15,17-26H,2,16H2,1,3H3. The molecular formula is C39H32N4. The van der Waals surface area contributed by atoms with E-state index in [4.69, 9.17) is 15.0 Å². The summed E-state index contributed by atoms with van der Waals surface area (Å²) in [5.41, 5.74) is 8.55. The second kappa shape index (κ2) is 11.1. The highest BCUT2D eigenvalue weighted by Crippen LogP contribution is 2.38. The van der Waals surface area contributed by atoms with E-state index in [9.17, 15) is 0 Å². The summed E-state index contributed by atoms with van der Waals surface area (Å²) in [6.07, 6.45) is 7.46. The lowest BCUT2D eigenvalue weighted by Crippen LogP contribution is -2.10. The van der Waals surface area contributed by atoms with E-state index in [1.807, 2.05) is 43.3 Å². The van der Waals surface area contributed by atoms with Crippen molar-refractivity contribution in [1.82, 2.24) is 14.5 Å². The predicted molar refractivity (Wildman–Crippen MR) is 181 cm³/mol. The van der Waals surface area contributed by atoms with E-state index < -0.39 is 0 Å². The molecule has 6 aromatic rings. The Bertz CT molecular complexity index is 2030. The summed E-state index contributed by atoms with van der Waals surface area (Å²) >= 11 is 0. The minimum absolute atomic E-state index is 0.306. The summed E-state index contributed by atoms with van der Waals surface area (Å²) in [4.78, 5) is 16.0. The fourth-order valence-electron chi connectivity index (χ4n) is 6.01. The van der Waals surface area contributed by atoms with Crippen LogP contribution in [0.4, 0.5) is 5.82 Å². The molecule has 1 unspecified atom stereocenters. The summed E-state index contributed by atoms with van der Waals surface area (Å²) in [5, 5.41) is 2.39. The van der Waals surface area contributed by atoms with Crippen LogP contribution in [0.2, 0.25) is 0 Å². The van der Waals surface area contributed by atoms with Crippen molar-refractivity contribution in [1.29, 1.82) is 0 Å². The highest BCUT2D eigenvalue weighted by molar-refractivity contribution is 6.14. The van der Waals surface area contributed by atoms with Crippen LogP contribution >= 0.6 is 0 Å². The third kappa shape index (κ3) is 4.81. The number of allylic oxidation sites excluding steroid dienone is 4. The first-order valence-electron chi connectivity index (χ1n) is 14.7. The van der Waals surface area contributed by atoms with Crippen LogP contribution in [0.5, 0.6) is 0 Å². The molecule has 0 bridgehead atoms. The maximum absolute atomic E-state index is 5.35. The molecule has 0 N–H and O–H groups in total. The van der Waals surface area contributed by atoms with Crippen LogP contribution in [-0.2, 0) is 0 Å². The summed E-state index contributed by atoms with van der Waals surface area (Å²) in [6, 6.07) is 37.4. The van der Waals surface area contributed by atoms with Crippen molar-refractivity contribution in [2.24, 2.45) is 10.9 Å². The fourth-order valence-corrected chi connectivity index (χ4v) is 6.01. The van der Waals surface area contributed by atoms with Crippen molar-refractivity contribution < 1.29 is 0 Å². The van der Waals surface area contributed by atoms with E-state index in [1.165, 1.54) is 10.8 Å². The molecule has 0 spiro atoms. The fraction of sp³-hybridized carbons (Fsp3) is 0.103. The predicted octanol–water partition coefficient (Wildman–Crippen LogP) is 9.89. The van der Waals surface area contributed by atoms with E-state index in [0.29, 0.717) is 17.4 Å². The molecule has 208 valence electrons. The molecule has 2 aromatic heterocycles. The van der Waals surface area contributed by atoms with Gasteiger partial charge in [0, 0.05) is 21.9 Å². The Morgan fingerprint density at radius 2 is 1.37 bits per heavy atom. The van der Waals surface area contributed by atoms with E-state index >= 15 is 0 Å². The number of hydrogen-bond donors (Lipinski definition) is 0. The lowest BCUT2D eigenvalue weighted by Gasteiger charge is -2.21. The van der Waals surface area contributed by atoms with E-state index in [2.05, 4.69) is 109 Å². The van der Waals surface area contributed by atoms with Crippen molar-refractivity contribution >= 4 is 44.6 Å². The largest absolute Gasteiger partial charge is 0.297 e. The molecule has 1 atom stereocenters. The minimum atomic E-state index is 0.306. The molecule has 0 fully saturated rings. The van der Waals surface area contributed by atoms with Crippen molar-refractivity contribution in [2.75, 3.05) is 0 Å². The first-order valence-corrected chi connectivity index (χ1v) is 14.7. The highest BCUT2D eigenvalue weighted by Gasteiger charge is 2.24. The molecule has 1 aliphatic rings. The number of rotatable bonds is 5. The molecule has 0 amide bonds. The third-order valence-corrected chi connectivity index (χ3v) is 8.21. The van der Waals surface area contributed by atoms with Gasteiger partial charge in [0.25, 0.3) is 0 Å². The second-order valence-corrected chi connectivity index (χ2v) is 11.0. The van der Waals surface area contributed by atoms with Crippen molar-refractivity contribution in [3.8, 4) is 11.3 Å². The Hall–Kier alpha value is -5.35. The summed E-state index contributed by atoms with van der Waals surface area (Å²) in [6.45, 7) is 8.81. The SMILES string of the molecule is C=C(c1ccccc1)c1nc(-c2ccccc2)c(C2=CC=CCC2C)nc1N=C(C)n1c2ccccc2c2ccccc21. The Morgan fingerprint density at radius 3 is 2.02 bits per heavy atom. The Labute approximate surface area is 252 Å². The lowest BCUT2D eigenvalue weighted by atomic mass is 9.88. The quantitative estimate of drug-likeness (QED) is 0.157. The number of aromatic nitrogens is 3. The van der Waals surface area contributed by atoms with Crippen molar-refractivity contribution in [3.63, 3.8) is 0 Å². The van der Waals surface area contributed by atoms with Gasteiger partial charge in [-0.15, -0.1) is 0 Å². The molecular weight excluding hydrogens is 524 g/mol. The summed E-state index contributed by atoms with van der Waals surface area (Å²) in [5.74, 6) is 1.68. The number of nitrogens with zero attached hydrogens (tertiary/aromatic N) is 4. The zero-order valence-electron chi connectivity index (χ0n) is 24.4. The normalized spacial score (nSPS) is 15.2. The summed E-state index contributed by atoms with van der Waals surface area (Å²) in [7, 11) is 0. The molecule has 0 aliphatic heterocycles. The smallest absolute Gasteiger partial charge is 0.181 e. The Morgan fingerprint density at radius 1 is 0.767 bits per heavy atom. The van der Waals surface area contributed by atoms with Crippen LogP contribution in [-0.4, -0.2) is 20.4 Å². The van der Waals surface area contributed by atoms with Crippen LogP contribution in [0.25, 0.3) is 44.2 Å². The molecule has 7 rings (SSSR count). The first-order chi connectivity index (χ1) is 21.1. The van der Waals surface area contributed by atoms with Crippen molar-refractivity contribution in [3.05, 3.63) is 151 Å². The molecule has 0 saturated heterocycles. The van der Waals surface area contributed by atoms with Crippen LogP contribution in [0.1, 0.15) is 37.2 Å². The van der Waals surface area contributed by atoms with E-state index in [1.54, 1.807) is 0 Å². The zero-order chi connectivity index (χ0) is 29.3. The maximum atomic E-state index is 5.35. The lowest BCUT2D eigenvalue weighted by molar-refractivity contribution is 0.753. The molecule has 4 nitrogen and oxygen atoms in total.